The Morgan fingerprint density at radius 3 is 2.69 bits per heavy atom. The summed E-state index contributed by atoms with van der Waals surface area (Å²) in [7, 11) is 0. The van der Waals surface area contributed by atoms with Crippen molar-refractivity contribution in [1.82, 2.24) is 15.1 Å². The van der Waals surface area contributed by atoms with E-state index < -0.39 is 0 Å². The average Bonchev–Trinajstić information content (AvgIpc) is 2.79. The van der Waals surface area contributed by atoms with Crippen LogP contribution in [0.4, 0.5) is 5.69 Å². The Morgan fingerprint density at radius 1 is 1.16 bits per heavy atom. The molecule has 1 saturated heterocycles. The molecule has 2 heterocycles. The molecule has 0 aromatic heterocycles. The molecular weight excluding hydrogens is 428 g/mol. The van der Waals surface area contributed by atoms with Gasteiger partial charge in [-0.05, 0) is 48.5 Å². The second-order valence-electron chi connectivity index (χ2n) is 7.86. The summed E-state index contributed by atoms with van der Waals surface area (Å²) >= 11 is 6.01. The molecule has 7 nitrogen and oxygen atoms in total. The summed E-state index contributed by atoms with van der Waals surface area (Å²) in [4.78, 5) is 29.8. The van der Waals surface area contributed by atoms with E-state index in [1.54, 1.807) is 42.5 Å². The number of fused-ring (bicyclic) bond motifs is 1. The molecule has 32 heavy (non-hydrogen) atoms. The number of benzene rings is 2. The lowest BCUT2D eigenvalue weighted by Crippen LogP contribution is -2.48. The van der Waals surface area contributed by atoms with Crippen LogP contribution < -0.4 is 15.4 Å². The largest absolute Gasteiger partial charge is 0.449 e. The highest BCUT2D eigenvalue weighted by atomic mass is 35.5. The molecule has 0 bridgehead atoms. The van der Waals surface area contributed by atoms with Crippen LogP contribution in [0.5, 0.6) is 5.75 Å². The number of halogens is 1. The highest BCUT2D eigenvalue weighted by molar-refractivity contribution is 6.30. The van der Waals surface area contributed by atoms with Gasteiger partial charge in [-0.2, -0.15) is 0 Å². The van der Waals surface area contributed by atoms with Crippen molar-refractivity contribution >= 4 is 35.2 Å². The van der Waals surface area contributed by atoms with Crippen LogP contribution in [-0.2, 0) is 4.79 Å². The number of carbonyl (C=O) groups is 2. The van der Waals surface area contributed by atoms with Crippen molar-refractivity contribution in [1.29, 1.82) is 0 Å². The Bertz CT molecular complexity index is 1030. The van der Waals surface area contributed by atoms with E-state index in [9.17, 15) is 9.59 Å². The first-order valence-electron chi connectivity index (χ1n) is 10.9. The van der Waals surface area contributed by atoms with Crippen molar-refractivity contribution < 1.29 is 14.3 Å². The van der Waals surface area contributed by atoms with Gasteiger partial charge < -0.3 is 20.3 Å². The van der Waals surface area contributed by atoms with Crippen LogP contribution in [-0.4, -0.2) is 67.4 Å². The molecule has 168 valence electrons. The second-order valence-corrected chi connectivity index (χ2v) is 8.30. The molecule has 2 N–H and O–H groups in total. The van der Waals surface area contributed by atoms with Gasteiger partial charge in [-0.15, -0.1) is 0 Å². The third-order valence-electron chi connectivity index (χ3n) is 5.71. The maximum Gasteiger partial charge on any atom is 0.291 e. The zero-order valence-electron chi connectivity index (χ0n) is 18.1. The van der Waals surface area contributed by atoms with Gasteiger partial charge in [-0.3, -0.25) is 14.5 Å². The van der Waals surface area contributed by atoms with Crippen LogP contribution in [0.3, 0.4) is 0 Å². The first kappa shape index (κ1) is 22.3. The van der Waals surface area contributed by atoms with E-state index in [1.807, 2.05) is 6.07 Å². The molecule has 0 atom stereocenters. The predicted molar refractivity (Wildman–Crippen MR) is 126 cm³/mol. The zero-order chi connectivity index (χ0) is 22.5. The number of rotatable bonds is 6. The summed E-state index contributed by atoms with van der Waals surface area (Å²) in [6, 6.07) is 12.2. The van der Waals surface area contributed by atoms with Gasteiger partial charge in [-0.25, -0.2) is 0 Å². The maximum absolute atomic E-state index is 12.6. The van der Waals surface area contributed by atoms with Crippen molar-refractivity contribution in [2.24, 2.45) is 0 Å². The van der Waals surface area contributed by atoms with Crippen LogP contribution in [0, 0.1) is 0 Å². The summed E-state index contributed by atoms with van der Waals surface area (Å²) < 4.78 is 5.76. The first-order chi connectivity index (χ1) is 15.5. The van der Waals surface area contributed by atoms with Gasteiger partial charge in [0.25, 0.3) is 11.8 Å². The second kappa shape index (κ2) is 10.2. The Kier molecular flexibility index (Phi) is 7.09. The fraction of sp³-hybridized carbons (Fsp3) is 0.333. The van der Waals surface area contributed by atoms with Crippen LogP contribution in [0.15, 0.2) is 48.2 Å². The summed E-state index contributed by atoms with van der Waals surface area (Å²) in [5.41, 5.74) is 1.71. The van der Waals surface area contributed by atoms with Crippen LogP contribution in [0.25, 0.3) is 6.08 Å². The van der Waals surface area contributed by atoms with Gasteiger partial charge in [0.1, 0.15) is 0 Å². The number of amides is 2. The van der Waals surface area contributed by atoms with Crippen LogP contribution in [0.2, 0.25) is 5.02 Å². The Hall–Kier alpha value is -2.87. The molecule has 1 fully saturated rings. The van der Waals surface area contributed by atoms with Crippen molar-refractivity contribution in [3.8, 4) is 5.75 Å². The zero-order valence-corrected chi connectivity index (χ0v) is 18.8. The smallest absolute Gasteiger partial charge is 0.291 e. The van der Waals surface area contributed by atoms with Gasteiger partial charge in [-0.1, -0.05) is 30.7 Å². The highest BCUT2D eigenvalue weighted by Gasteiger charge is 2.23. The SMILES string of the molecule is CCN1CCN(CCNC(=O)c2ccc3c(c2)NC(=O)C(=Cc2cccc(Cl)c2)O3)CC1. The van der Waals surface area contributed by atoms with Gasteiger partial charge in [0.05, 0.1) is 5.69 Å². The minimum absolute atomic E-state index is 0.167. The van der Waals surface area contributed by atoms with E-state index in [-0.39, 0.29) is 17.6 Å². The lowest BCUT2D eigenvalue weighted by atomic mass is 10.1. The normalized spacial score (nSPS) is 18.1. The van der Waals surface area contributed by atoms with E-state index in [1.165, 1.54) is 0 Å². The lowest BCUT2D eigenvalue weighted by Gasteiger charge is -2.33. The van der Waals surface area contributed by atoms with E-state index >= 15 is 0 Å². The minimum Gasteiger partial charge on any atom is -0.449 e. The van der Waals surface area contributed by atoms with E-state index in [2.05, 4.69) is 27.4 Å². The Balaban J connectivity index is 1.34. The fourth-order valence-electron chi connectivity index (χ4n) is 3.81. The highest BCUT2D eigenvalue weighted by Crippen LogP contribution is 2.32. The molecule has 4 rings (SSSR count). The Morgan fingerprint density at radius 2 is 1.94 bits per heavy atom. The summed E-state index contributed by atoms with van der Waals surface area (Å²) in [5, 5.41) is 6.34. The molecule has 2 aliphatic rings. The van der Waals surface area contributed by atoms with Crippen molar-refractivity contribution in [2.75, 3.05) is 51.1 Å². The topological polar surface area (TPSA) is 73.9 Å². The summed E-state index contributed by atoms with van der Waals surface area (Å²) in [5.74, 6) is 0.110. The third-order valence-corrected chi connectivity index (χ3v) is 5.94. The van der Waals surface area contributed by atoms with Crippen LogP contribution in [0.1, 0.15) is 22.8 Å². The number of anilines is 1. The third kappa shape index (κ3) is 5.48. The molecule has 0 saturated carbocycles. The van der Waals surface area contributed by atoms with Crippen molar-refractivity contribution in [3.05, 3.63) is 64.4 Å². The molecule has 2 aliphatic heterocycles. The van der Waals surface area contributed by atoms with Gasteiger partial charge in [0.15, 0.2) is 11.5 Å². The lowest BCUT2D eigenvalue weighted by molar-refractivity contribution is -0.115. The monoisotopic (exact) mass is 454 g/mol. The van der Waals surface area contributed by atoms with Gasteiger partial charge >= 0.3 is 0 Å². The molecule has 0 radical (unpaired) electrons. The first-order valence-corrected chi connectivity index (χ1v) is 11.2. The summed E-state index contributed by atoms with van der Waals surface area (Å²) in [6.45, 7) is 8.86. The predicted octanol–water partition coefficient (Wildman–Crippen LogP) is 3.08. The molecule has 0 aliphatic carbocycles. The number of nitrogens with one attached hydrogen (secondary N) is 2. The number of hydrogen-bond acceptors (Lipinski definition) is 5. The van der Waals surface area contributed by atoms with E-state index in [0.29, 0.717) is 28.6 Å². The molecule has 2 amide bonds. The van der Waals surface area contributed by atoms with Crippen LogP contribution >= 0.6 is 11.6 Å². The molecule has 2 aromatic carbocycles. The van der Waals surface area contributed by atoms with Crippen molar-refractivity contribution in [3.63, 3.8) is 0 Å². The number of ether oxygens (including phenoxy) is 1. The molecule has 0 spiro atoms. The quantitative estimate of drug-likeness (QED) is 0.656. The number of hydrogen-bond donors (Lipinski definition) is 2. The number of piperazine rings is 1. The number of nitrogens with zero attached hydrogens (tertiary/aromatic N) is 2. The number of likely N-dealkylation sites (N-methyl/N-ethyl adjacent to an activating group) is 1. The average molecular weight is 455 g/mol. The summed E-state index contributed by atoms with van der Waals surface area (Å²) in [6.07, 6.45) is 1.63. The Labute approximate surface area is 193 Å². The molecule has 2 aromatic rings. The fourth-order valence-corrected chi connectivity index (χ4v) is 4.01. The standard InChI is InChI=1S/C24H27ClN4O3/c1-2-28-10-12-29(13-11-28)9-8-26-23(30)18-6-7-21-20(16-18)27-24(31)22(32-21)15-17-4-3-5-19(25)14-17/h3-7,14-16H,2,8-13H2,1H3,(H,26,30)(H,27,31). The van der Waals surface area contributed by atoms with E-state index in [0.717, 1.165) is 44.8 Å². The van der Waals surface area contributed by atoms with Crippen molar-refractivity contribution in [2.45, 2.75) is 6.92 Å². The molecule has 8 heteroatoms. The van der Waals surface area contributed by atoms with Gasteiger partial charge in [0.2, 0.25) is 0 Å². The maximum atomic E-state index is 12.6. The van der Waals surface area contributed by atoms with E-state index in [4.69, 9.17) is 16.3 Å². The number of carbonyl (C=O) groups excluding carboxylic acids is 2. The van der Waals surface area contributed by atoms with Gasteiger partial charge in [0, 0.05) is 49.9 Å². The molecular formula is C24H27ClN4O3. The molecule has 0 unspecified atom stereocenters. The minimum atomic E-state index is -0.374.